The average molecular weight is 293 g/mol. The molecule has 3 rings (SSSR count). The Morgan fingerprint density at radius 3 is 2.86 bits per heavy atom. The van der Waals surface area contributed by atoms with Crippen molar-refractivity contribution in [2.75, 3.05) is 32.2 Å². The zero-order valence-corrected chi connectivity index (χ0v) is 12.2. The van der Waals surface area contributed by atoms with Crippen molar-refractivity contribution in [2.24, 2.45) is 7.05 Å². The van der Waals surface area contributed by atoms with Crippen LogP contribution < -0.4 is 5.32 Å². The van der Waals surface area contributed by atoms with Crippen LogP contribution in [0.15, 0.2) is 16.8 Å². The molecule has 114 valence electrons. The maximum atomic E-state index is 5.65. The van der Waals surface area contributed by atoms with E-state index < -0.39 is 0 Å². The third kappa shape index (κ3) is 2.91. The van der Waals surface area contributed by atoms with E-state index >= 15 is 0 Å². The Balaban J connectivity index is 1.66. The first-order chi connectivity index (χ1) is 10.2. The Kier molecular flexibility index (Phi) is 3.89. The Bertz CT molecular complexity index is 588. The first kappa shape index (κ1) is 14.0. The van der Waals surface area contributed by atoms with E-state index in [0.717, 1.165) is 12.8 Å². The molecule has 1 fully saturated rings. The minimum atomic E-state index is -0.240. The number of anilines is 1. The topological polar surface area (TPSA) is 87.2 Å². The molecular formula is C13H19N5O3. The van der Waals surface area contributed by atoms with E-state index in [1.165, 1.54) is 0 Å². The van der Waals surface area contributed by atoms with Gasteiger partial charge < -0.3 is 23.8 Å². The van der Waals surface area contributed by atoms with Crippen molar-refractivity contribution in [1.29, 1.82) is 0 Å². The first-order valence-electron chi connectivity index (χ1n) is 6.90. The highest BCUT2D eigenvalue weighted by molar-refractivity contribution is 5.42. The van der Waals surface area contributed by atoms with Gasteiger partial charge >= 0.3 is 6.01 Å². The highest BCUT2D eigenvalue weighted by atomic mass is 16.5. The summed E-state index contributed by atoms with van der Waals surface area (Å²) in [4.78, 5) is 4.18. The van der Waals surface area contributed by atoms with Crippen molar-refractivity contribution in [3.63, 3.8) is 0 Å². The van der Waals surface area contributed by atoms with Crippen molar-refractivity contribution in [3.8, 4) is 11.7 Å². The van der Waals surface area contributed by atoms with Crippen LogP contribution in [0.3, 0.4) is 0 Å². The van der Waals surface area contributed by atoms with Gasteiger partial charge in [-0.3, -0.25) is 0 Å². The highest BCUT2D eigenvalue weighted by Gasteiger charge is 2.32. The molecule has 0 saturated carbocycles. The second-order valence-electron chi connectivity index (χ2n) is 5.13. The molecule has 1 aliphatic heterocycles. The molecule has 3 heterocycles. The Morgan fingerprint density at radius 2 is 2.19 bits per heavy atom. The molecule has 0 radical (unpaired) electrons. The van der Waals surface area contributed by atoms with Crippen LogP contribution in [0.25, 0.3) is 11.7 Å². The number of aryl methyl sites for hydroxylation is 1. The SMILES string of the molecule is COC1(CNc2nnc(-c3nccn3C)o2)CCOCC1. The van der Waals surface area contributed by atoms with Gasteiger partial charge in [-0.1, -0.05) is 5.10 Å². The number of hydrogen-bond donors (Lipinski definition) is 1. The molecule has 0 aliphatic carbocycles. The summed E-state index contributed by atoms with van der Waals surface area (Å²) < 4.78 is 18.4. The fraction of sp³-hybridized carbons (Fsp3) is 0.615. The zero-order valence-electron chi connectivity index (χ0n) is 12.2. The molecular weight excluding hydrogens is 274 g/mol. The Morgan fingerprint density at radius 1 is 1.38 bits per heavy atom. The van der Waals surface area contributed by atoms with Gasteiger partial charge in [-0.25, -0.2) is 4.98 Å². The molecule has 1 N–H and O–H groups in total. The van der Waals surface area contributed by atoms with Gasteiger partial charge in [-0.05, 0) is 0 Å². The molecule has 0 aromatic carbocycles. The summed E-state index contributed by atoms with van der Waals surface area (Å²) in [5.41, 5.74) is -0.240. The summed E-state index contributed by atoms with van der Waals surface area (Å²) in [7, 11) is 3.60. The lowest BCUT2D eigenvalue weighted by molar-refractivity contribution is -0.0809. The van der Waals surface area contributed by atoms with Crippen LogP contribution in [0.4, 0.5) is 6.01 Å². The minimum Gasteiger partial charge on any atom is -0.400 e. The second kappa shape index (κ2) is 5.82. The number of imidazole rings is 1. The summed E-state index contributed by atoms with van der Waals surface area (Å²) >= 11 is 0. The number of aromatic nitrogens is 4. The maximum absolute atomic E-state index is 5.65. The van der Waals surface area contributed by atoms with Crippen molar-refractivity contribution in [2.45, 2.75) is 18.4 Å². The molecule has 0 atom stereocenters. The Hall–Kier alpha value is -1.93. The van der Waals surface area contributed by atoms with Crippen LogP contribution in [0.5, 0.6) is 0 Å². The van der Waals surface area contributed by atoms with Crippen LogP contribution in [-0.2, 0) is 16.5 Å². The fourth-order valence-electron chi connectivity index (χ4n) is 2.39. The molecule has 2 aromatic rings. The summed E-state index contributed by atoms with van der Waals surface area (Å²) in [6.45, 7) is 2.02. The number of hydrogen-bond acceptors (Lipinski definition) is 7. The predicted octanol–water partition coefficient (Wildman–Crippen LogP) is 1.08. The lowest BCUT2D eigenvalue weighted by atomic mass is 9.94. The molecule has 1 saturated heterocycles. The quantitative estimate of drug-likeness (QED) is 0.882. The summed E-state index contributed by atoms with van der Waals surface area (Å²) in [5.74, 6) is 1.03. The van der Waals surface area contributed by atoms with Crippen LogP contribution in [0.2, 0.25) is 0 Å². The number of nitrogens with one attached hydrogen (secondary N) is 1. The number of rotatable bonds is 5. The second-order valence-corrected chi connectivity index (χ2v) is 5.13. The van der Waals surface area contributed by atoms with Gasteiger partial charge in [0.05, 0.1) is 5.60 Å². The maximum Gasteiger partial charge on any atom is 0.315 e. The van der Waals surface area contributed by atoms with E-state index in [2.05, 4.69) is 20.5 Å². The number of nitrogens with zero attached hydrogens (tertiary/aromatic N) is 4. The van der Waals surface area contributed by atoms with E-state index in [9.17, 15) is 0 Å². The van der Waals surface area contributed by atoms with Crippen LogP contribution in [-0.4, -0.2) is 52.2 Å². The van der Waals surface area contributed by atoms with Gasteiger partial charge in [0.25, 0.3) is 5.89 Å². The summed E-state index contributed by atoms with van der Waals surface area (Å²) in [6.07, 6.45) is 5.21. The summed E-state index contributed by atoms with van der Waals surface area (Å²) in [5, 5.41) is 11.1. The van der Waals surface area contributed by atoms with E-state index in [1.807, 2.05) is 17.8 Å². The van der Waals surface area contributed by atoms with Crippen LogP contribution >= 0.6 is 0 Å². The largest absolute Gasteiger partial charge is 0.400 e. The molecule has 1 aliphatic rings. The van der Waals surface area contributed by atoms with Crippen molar-refractivity contribution >= 4 is 6.01 Å². The lowest BCUT2D eigenvalue weighted by Gasteiger charge is -2.35. The van der Waals surface area contributed by atoms with Gasteiger partial charge in [0.2, 0.25) is 0 Å². The molecule has 21 heavy (non-hydrogen) atoms. The number of ether oxygens (including phenoxy) is 2. The first-order valence-corrected chi connectivity index (χ1v) is 6.90. The lowest BCUT2D eigenvalue weighted by Crippen LogP contribution is -2.44. The fourth-order valence-corrected chi connectivity index (χ4v) is 2.39. The van der Waals surface area contributed by atoms with E-state index in [4.69, 9.17) is 13.9 Å². The van der Waals surface area contributed by atoms with E-state index in [1.54, 1.807) is 13.3 Å². The molecule has 0 unspecified atom stereocenters. The average Bonchev–Trinajstić information content (AvgIpc) is 3.14. The molecule has 8 heteroatoms. The van der Waals surface area contributed by atoms with Crippen LogP contribution in [0, 0.1) is 0 Å². The zero-order chi connectivity index (χ0) is 14.7. The monoisotopic (exact) mass is 293 g/mol. The van der Waals surface area contributed by atoms with Gasteiger partial charge in [0, 0.05) is 59.2 Å². The standard InChI is InChI=1S/C13H19N5O3/c1-18-6-5-14-10(18)11-16-17-12(21-11)15-9-13(19-2)3-7-20-8-4-13/h5-6H,3-4,7-9H2,1-2H3,(H,15,17). The summed E-state index contributed by atoms with van der Waals surface area (Å²) in [6, 6.07) is 0.371. The van der Waals surface area contributed by atoms with Crippen molar-refractivity contribution in [1.82, 2.24) is 19.7 Å². The van der Waals surface area contributed by atoms with Crippen LogP contribution in [0.1, 0.15) is 12.8 Å². The van der Waals surface area contributed by atoms with Gasteiger partial charge in [0.15, 0.2) is 5.82 Å². The van der Waals surface area contributed by atoms with Gasteiger partial charge in [-0.15, -0.1) is 5.10 Å². The highest BCUT2D eigenvalue weighted by Crippen LogP contribution is 2.25. The van der Waals surface area contributed by atoms with Crippen molar-refractivity contribution in [3.05, 3.63) is 12.4 Å². The molecule has 8 nitrogen and oxygen atoms in total. The molecule has 0 spiro atoms. The molecule has 2 aromatic heterocycles. The number of methoxy groups -OCH3 is 1. The van der Waals surface area contributed by atoms with Gasteiger partial charge in [0.1, 0.15) is 0 Å². The minimum absolute atomic E-state index is 0.240. The Labute approximate surface area is 122 Å². The molecule has 0 amide bonds. The molecule has 0 bridgehead atoms. The third-order valence-corrected chi connectivity index (χ3v) is 3.84. The predicted molar refractivity (Wildman–Crippen MR) is 74.8 cm³/mol. The van der Waals surface area contributed by atoms with Crippen molar-refractivity contribution < 1.29 is 13.9 Å². The van der Waals surface area contributed by atoms with Gasteiger partial charge in [-0.2, -0.15) is 0 Å². The van der Waals surface area contributed by atoms with E-state index in [0.29, 0.717) is 37.5 Å². The van der Waals surface area contributed by atoms with E-state index in [-0.39, 0.29) is 5.60 Å². The smallest absolute Gasteiger partial charge is 0.315 e. The normalized spacial score (nSPS) is 17.8. The third-order valence-electron chi connectivity index (χ3n) is 3.84.